The van der Waals surface area contributed by atoms with Gasteiger partial charge in [0.15, 0.2) is 0 Å². The molecule has 0 aliphatic heterocycles. The Kier molecular flexibility index (Phi) is 4.11. The number of benzene rings is 1. The minimum Gasteiger partial charge on any atom is -0.496 e. The van der Waals surface area contributed by atoms with E-state index in [9.17, 15) is 4.79 Å². The molecule has 3 aromatic rings. The molecule has 0 atom stereocenters. The summed E-state index contributed by atoms with van der Waals surface area (Å²) in [5, 5.41) is 3.21. The van der Waals surface area contributed by atoms with Gasteiger partial charge in [-0.3, -0.25) is 9.78 Å². The maximum atomic E-state index is 12.1. The van der Waals surface area contributed by atoms with E-state index in [-0.39, 0.29) is 11.9 Å². The predicted molar refractivity (Wildman–Crippen MR) is 88.2 cm³/mol. The van der Waals surface area contributed by atoms with Crippen LogP contribution in [0.4, 0.5) is 5.69 Å². The van der Waals surface area contributed by atoms with Crippen molar-refractivity contribution in [1.82, 2.24) is 20.3 Å². The van der Waals surface area contributed by atoms with E-state index in [1.807, 2.05) is 0 Å². The second kappa shape index (κ2) is 6.37. The molecule has 2 aromatic heterocycles. The van der Waals surface area contributed by atoms with Gasteiger partial charge in [0.25, 0.3) is 5.91 Å². The lowest BCUT2D eigenvalue weighted by Crippen LogP contribution is -2.18. The molecule has 0 aliphatic rings. The van der Waals surface area contributed by atoms with E-state index in [1.54, 1.807) is 31.4 Å². The number of fused-ring (bicyclic) bond motifs is 1. The number of nitrogen functional groups attached to an aromatic ring is 1. The summed E-state index contributed by atoms with van der Waals surface area (Å²) >= 11 is 0. The van der Waals surface area contributed by atoms with Gasteiger partial charge in [-0.05, 0) is 12.1 Å². The standard InChI is InChI=1S/C16H15N5O3/c1-18-15(22)11-5-10-12(6-14(11)23-2)19-4-3-13(10)24-16-20-7-9(17)8-21-16/h3-8H,17H2,1-2H3,(H,18,22). The second-order valence-electron chi connectivity index (χ2n) is 4.86. The third-order valence-corrected chi connectivity index (χ3v) is 3.34. The first-order chi connectivity index (χ1) is 11.6. The Morgan fingerprint density at radius 2 is 1.92 bits per heavy atom. The molecule has 0 saturated carbocycles. The number of hydrogen-bond donors (Lipinski definition) is 2. The smallest absolute Gasteiger partial charge is 0.322 e. The van der Waals surface area contributed by atoms with Crippen LogP contribution < -0.4 is 20.5 Å². The van der Waals surface area contributed by atoms with Gasteiger partial charge in [-0.1, -0.05) is 0 Å². The SMILES string of the molecule is CNC(=O)c1cc2c(Oc3ncc(N)cn3)ccnc2cc1OC. The van der Waals surface area contributed by atoms with Crippen molar-refractivity contribution in [2.75, 3.05) is 19.9 Å². The number of nitrogens with zero attached hydrogens (tertiary/aromatic N) is 3. The summed E-state index contributed by atoms with van der Waals surface area (Å²) in [7, 11) is 3.05. The van der Waals surface area contributed by atoms with Crippen LogP contribution in [-0.2, 0) is 0 Å². The Morgan fingerprint density at radius 3 is 2.58 bits per heavy atom. The van der Waals surface area contributed by atoms with Gasteiger partial charge in [-0.2, -0.15) is 0 Å². The summed E-state index contributed by atoms with van der Waals surface area (Å²) in [5.74, 6) is 0.625. The number of methoxy groups -OCH3 is 1. The summed E-state index contributed by atoms with van der Waals surface area (Å²) in [6, 6.07) is 5.15. The van der Waals surface area contributed by atoms with Gasteiger partial charge in [-0.15, -0.1) is 0 Å². The van der Waals surface area contributed by atoms with Crippen molar-refractivity contribution >= 4 is 22.5 Å². The highest BCUT2D eigenvalue weighted by Crippen LogP contribution is 2.32. The van der Waals surface area contributed by atoms with E-state index >= 15 is 0 Å². The molecular weight excluding hydrogens is 310 g/mol. The summed E-state index contributed by atoms with van der Waals surface area (Å²) < 4.78 is 11.0. The normalized spacial score (nSPS) is 10.4. The Morgan fingerprint density at radius 1 is 1.17 bits per heavy atom. The number of carbonyl (C=O) groups is 1. The molecule has 24 heavy (non-hydrogen) atoms. The zero-order valence-electron chi connectivity index (χ0n) is 13.1. The average Bonchev–Trinajstić information content (AvgIpc) is 2.62. The van der Waals surface area contributed by atoms with Crippen molar-refractivity contribution in [3.63, 3.8) is 0 Å². The Balaban J connectivity index is 2.11. The number of nitrogens with one attached hydrogen (secondary N) is 1. The fraction of sp³-hybridized carbons (Fsp3) is 0.125. The molecule has 1 amide bonds. The molecule has 122 valence electrons. The molecule has 8 heteroatoms. The topological polar surface area (TPSA) is 112 Å². The van der Waals surface area contributed by atoms with Crippen molar-refractivity contribution in [2.45, 2.75) is 0 Å². The van der Waals surface area contributed by atoms with Crippen molar-refractivity contribution in [2.24, 2.45) is 0 Å². The molecule has 0 fully saturated rings. The van der Waals surface area contributed by atoms with Crippen LogP contribution in [0.5, 0.6) is 17.5 Å². The van der Waals surface area contributed by atoms with Gasteiger partial charge in [0.2, 0.25) is 0 Å². The van der Waals surface area contributed by atoms with Crippen LogP contribution in [0.2, 0.25) is 0 Å². The lowest BCUT2D eigenvalue weighted by atomic mass is 10.1. The van der Waals surface area contributed by atoms with Gasteiger partial charge in [0, 0.05) is 24.7 Å². The molecule has 8 nitrogen and oxygen atoms in total. The molecule has 3 rings (SSSR count). The third-order valence-electron chi connectivity index (χ3n) is 3.34. The fourth-order valence-corrected chi connectivity index (χ4v) is 2.20. The van der Waals surface area contributed by atoms with Crippen molar-refractivity contribution in [1.29, 1.82) is 0 Å². The lowest BCUT2D eigenvalue weighted by Gasteiger charge is -2.11. The van der Waals surface area contributed by atoms with Crippen LogP contribution in [0.25, 0.3) is 10.9 Å². The molecule has 0 unspecified atom stereocenters. The summed E-state index contributed by atoms with van der Waals surface area (Å²) in [6.45, 7) is 0. The van der Waals surface area contributed by atoms with Gasteiger partial charge in [0.1, 0.15) is 11.5 Å². The van der Waals surface area contributed by atoms with Gasteiger partial charge < -0.3 is 20.5 Å². The van der Waals surface area contributed by atoms with Crippen LogP contribution in [0.3, 0.4) is 0 Å². The minimum absolute atomic E-state index is 0.147. The highest BCUT2D eigenvalue weighted by molar-refractivity contribution is 6.02. The Bertz CT molecular complexity index is 896. The maximum Gasteiger partial charge on any atom is 0.322 e. The highest BCUT2D eigenvalue weighted by Gasteiger charge is 2.15. The highest BCUT2D eigenvalue weighted by atomic mass is 16.5. The molecule has 0 spiro atoms. The Hall–Kier alpha value is -3.42. The summed E-state index contributed by atoms with van der Waals surface area (Å²) in [6.07, 6.45) is 4.49. The lowest BCUT2D eigenvalue weighted by molar-refractivity contribution is 0.0960. The first-order valence-electron chi connectivity index (χ1n) is 7.06. The van der Waals surface area contributed by atoms with E-state index in [1.165, 1.54) is 19.5 Å². The molecule has 1 aromatic carbocycles. The first-order valence-corrected chi connectivity index (χ1v) is 7.06. The maximum absolute atomic E-state index is 12.1. The van der Waals surface area contributed by atoms with Crippen LogP contribution in [0.15, 0.2) is 36.8 Å². The predicted octanol–water partition coefficient (Wildman–Crippen LogP) is 1.77. The van der Waals surface area contributed by atoms with E-state index in [0.717, 1.165) is 0 Å². The number of anilines is 1. The first kappa shape index (κ1) is 15.5. The molecule has 2 heterocycles. The monoisotopic (exact) mass is 325 g/mol. The summed E-state index contributed by atoms with van der Waals surface area (Å²) in [5.41, 5.74) is 7.00. The number of amides is 1. The van der Waals surface area contributed by atoms with Gasteiger partial charge in [-0.25, -0.2) is 9.97 Å². The van der Waals surface area contributed by atoms with Crippen molar-refractivity contribution < 1.29 is 14.3 Å². The van der Waals surface area contributed by atoms with E-state index in [2.05, 4.69) is 20.3 Å². The molecular formula is C16H15N5O3. The van der Waals surface area contributed by atoms with E-state index in [0.29, 0.717) is 33.7 Å². The van der Waals surface area contributed by atoms with Crippen molar-refractivity contribution in [3.8, 4) is 17.5 Å². The number of carbonyl (C=O) groups excluding carboxylic acids is 1. The van der Waals surface area contributed by atoms with Crippen molar-refractivity contribution in [3.05, 3.63) is 42.4 Å². The average molecular weight is 325 g/mol. The van der Waals surface area contributed by atoms with Gasteiger partial charge >= 0.3 is 6.01 Å². The molecule has 3 N–H and O–H groups in total. The van der Waals surface area contributed by atoms with E-state index in [4.69, 9.17) is 15.2 Å². The number of ether oxygens (including phenoxy) is 2. The quantitative estimate of drug-likeness (QED) is 0.751. The third kappa shape index (κ3) is 2.89. The number of aromatic nitrogens is 3. The van der Waals surface area contributed by atoms with Gasteiger partial charge in [0.05, 0.1) is 36.3 Å². The number of nitrogens with two attached hydrogens (primary N) is 1. The Labute approximate surface area is 137 Å². The molecule has 0 saturated heterocycles. The fourth-order valence-electron chi connectivity index (χ4n) is 2.20. The van der Waals surface area contributed by atoms with Crippen LogP contribution in [0.1, 0.15) is 10.4 Å². The van der Waals surface area contributed by atoms with Crippen LogP contribution >= 0.6 is 0 Å². The van der Waals surface area contributed by atoms with E-state index < -0.39 is 0 Å². The zero-order chi connectivity index (χ0) is 17.1. The molecule has 0 aliphatic carbocycles. The van der Waals surface area contributed by atoms with Crippen LogP contribution in [0, 0.1) is 0 Å². The second-order valence-corrected chi connectivity index (χ2v) is 4.86. The zero-order valence-corrected chi connectivity index (χ0v) is 13.1. The number of pyridine rings is 1. The largest absolute Gasteiger partial charge is 0.496 e. The van der Waals surface area contributed by atoms with Crippen LogP contribution in [-0.4, -0.2) is 35.0 Å². The number of rotatable bonds is 4. The number of hydrogen-bond acceptors (Lipinski definition) is 7. The minimum atomic E-state index is -0.271. The molecule has 0 radical (unpaired) electrons. The molecule has 0 bridgehead atoms. The summed E-state index contributed by atoms with van der Waals surface area (Å²) in [4.78, 5) is 24.3.